The number of carbonyl (C=O) groups excluding carboxylic acids is 1. The summed E-state index contributed by atoms with van der Waals surface area (Å²) in [5.41, 5.74) is 1.70. The minimum Gasteiger partial charge on any atom is -0.465 e. The molecule has 1 aromatic carbocycles. The van der Waals surface area contributed by atoms with E-state index >= 15 is 0 Å². The number of nitrogens with one attached hydrogen (secondary N) is 1. The molecule has 5 heteroatoms. The number of aromatic nitrogens is 2. The number of H-pyrrole nitrogens is 1. The molecule has 0 aliphatic rings. The van der Waals surface area contributed by atoms with E-state index < -0.39 is 5.97 Å². The Morgan fingerprint density at radius 1 is 1.41 bits per heavy atom. The molecule has 0 saturated heterocycles. The molecule has 0 radical (unpaired) electrons. The van der Waals surface area contributed by atoms with Crippen LogP contribution in [0.15, 0.2) is 23.0 Å². The van der Waals surface area contributed by atoms with E-state index in [1.807, 2.05) is 13.8 Å². The molecule has 1 aromatic heterocycles. The highest BCUT2D eigenvalue weighted by atomic mass is 16.5. The van der Waals surface area contributed by atoms with Crippen LogP contribution >= 0.6 is 0 Å². The van der Waals surface area contributed by atoms with Crippen LogP contribution in [-0.2, 0) is 4.74 Å². The number of nitrogens with zero attached hydrogens (tertiary/aromatic N) is 1. The van der Waals surface area contributed by atoms with Gasteiger partial charge in [0.05, 0.1) is 23.7 Å². The van der Waals surface area contributed by atoms with Gasteiger partial charge < -0.3 is 9.72 Å². The molecule has 0 bridgehead atoms. The molecule has 1 heterocycles. The van der Waals surface area contributed by atoms with Crippen molar-refractivity contribution >= 4 is 17.0 Å². The lowest BCUT2D eigenvalue weighted by Gasteiger charge is -2.07. The van der Waals surface area contributed by atoms with Crippen LogP contribution in [0, 0.1) is 0 Å². The molecule has 0 amide bonds. The van der Waals surface area contributed by atoms with E-state index in [0.29, 0.717) is 11.1 Å². The molecule has 90 valence electrons. The van der Waals surface area contributed by atoms with Crippen molar-refractivity contribution < 1.29 is 9.53 Å². The Bertz CT molecular complexity index is 622. The number of benzene rings is 1. The quantitative estimate of drug-likeness (QED) is 0.804. The van der Waals surface area contributed by atoms with Crippen molar-refractivity contribution in [3.05, 3.63) is 34.2 Å². The number of aromatic amines is 1. The first kappa shape index (κ1) is 11.4. The van der Waals surface area contributed by atoms with Gasteiger partial charge in [0.1, 0.15) is 0 Å². The third kappa shape index (κ3) is 1.84. The summed E-state index contributed by atoms with van der Waals surface area (Å²) in [5.74, 6) is -0.407. The molecule has 5 nitrogen and oxygen atoms in total. The molecule has 0 fully saturated rings. The van der Waals surface area contributed by atoms with Crippen LogP contribution < -0.4 is 5.69 Å². The Labute approximate surface area is 98.0 Å². The topological polar surface area (TPSA) is 64.1 Å². The van der Waals surface area contributed by atoms with Gasteiger partial charge in [0.25, 0.3) is 0 Å². The van der Waals surface area contributed by atoms with Crippen molar-refractivity contribution in [3.8, 4) is 0 Å². The van der Waals surface area contributed by atoms with Crippen LogP contribution in [0.4, 0.5) is 0 Å². The predicted molar refractivity (Wildman–Crippen MR) is 64.3 cm³/mol. The fraction of sp³-hybridized carbons (Fsp3) is 0.333. The van der Waals surface area contributed by atoms with Gasteiger partial charge in [-0.15, -0.1) is 0 Å². The van der Waals surface area contributed by atoms with Crippen LogP contribution in [0.1, 0.15) is 30.2 Å². The number of methoxy groups -OCH3 is 1. The van der Waals surface area contributed by atoms with E-state index in [1.54, 1.807) is 22.8 Å². The van der Waals surface area contributed by atoms with E-state index in [0.717, 1.165) is 5.52 Å². The van der Waals surface area contributed by atoms with Gasteiger partial charge in [-0.05, 0) is 32.0 Å². The lowest BCUT2D eigenvalue weighted by molar-refractivity contribution is 0.0601. The minimum atomic E-state index is -0.407. The molecule has 0 aliphatic heterocycles. The fourth-order valence-corrected chi connectivity index (χ4v) is 1.88. The normalized spacial score (nSPS) is 11.1. The van der Waals surface area contributed by atoms with Crippen molar-refractivity contribution in [2.24, 2.45) is 0 Å². The molecular formula is C12H14N2O3. The van der Waals surface area contributed by atoms with Gasteiger partial charge in [-0.2, -0.15) is 0 Å². The van der Waals surface area contributed by atoms with E-state index in [9.17, 15) is 9.59 Å². The van der Waals surface area contributed by atoms with Crippen LogP contribution in [-0.4, -0.2) is 22.6 Å². The molecule has 0 spiro atoms. The first-order valence-electron chi connectivity index (χ1n) is 5.37. The van der Waals surface area contributed by atoms with Crippen molar-refractivity contribution in [2.75, 3.05) is 7.11 Å². The molecule has 0 saturated carbocycles. The van der Waals surface area contributed by atoms with Gasteiger partial charge in [0, 0.05) is 6.04 Å². The van der Waals surface area contributed by atoms with Crippen molar-refractivity contribution in [1.82, 2.24) is 9.55 Å². The second-order valence-electron chi connectivity index (χ2n) is 4.12. The van der Waals surface area contributed by atoms with E-state index in [-0.39, 0.29) is 11.7 Å². The van der Waals surface area contributed by atoms with Gasteiger partial charge >= 0.3 is 11.7 Å². The molecule has 0 unspecified atom stereocenters. The number of imidazole rings is 1. The second kappa shape index (κ2) is 4.08. The second-order valence-corrected chi connectivity index (χ2v) is 4.12. The lowest BCUT2D eigenvalue weighted by atomic mass is 10.2. The molecule has 2 rings (SSSR count). The number of hydrogen-bond acceptors (Lipinski definition) is 3. The van der Waals surface area contributed by atoms with Crippen molar-refractivity contribution in [1.29, 1.82) is 0 Å². The number of hydrogen-bond donors (Lipinski definition) is 1. The molecule has 0 aliphatic carbocycles. The highest BCUT2D eigenvalue weighted by Crippen LogP contribution is 2.16. The lowest BCUT2D eigenvalue weighted by Crippen LogP contribution is -2.18. The standard InChI is InChI=1S/C12H14N2O3/c1-7(2)14-10-6-8(11(15)17-3)4-5-9(10)13-12(14)16/h4-7H,1-3H3,(H,13,16). The third-order valence-electron chi connectivity index (χ3n) is 2.66. The number of ether oxygens (including phenoxy) is 1. The number of rotatable bonds is 2. The molecular weight excluding hydrogens is 220 g/mol. The van der Waals surface area contributed by atoms with E-state index in [2.05, 4.69) is 9.72 Å². The molecule has 17 heavy (non-hydrogen) atoms. The average Bonchev–Trinajstić information content (AvgIpc) is 2.62. The maximum absolute atomic E-state index is 11.7. The Morgan fingerprint density at radius 3 is 2.71 bits per heavy atom. The number of carbonyl (C=O) groups is 1. The highest BCUT2D eigenvalue weighted by Gasteiger charge is 2.12. The van der Waals surface area contributed by atoms with E-state index in [1.165, 1.54) is 7.11 Å². The third-order valence-corrected chi connectivity index (χ3v) is 2.66. The zero-order valence-electron chi connectivity index (χ0n) is 9.98. The first-order valence-corrected chi connectivity index (χ1v) is 5.37. The van der Waals surface area contributed by atoms with Gasteiger partial charge in [-0.1, -0.05) is 0 Å². The zero-order valence-corrected chi connectivity index (χ0v) is 9.98. The number of fused-ring (bicyclic) bond motifs is 1. The zero-order chi connectivity index (χ0) is 12.6. The largest absolute Gasteiger partial charge is 0.465 e. The van der Waals surface area contributed by atoms with Crippen LogP contribution in [0.2, 0.25) is 0 Å². The van der Waals surface area contributed by atoms with Crippen molar-refractivity contribution in [2.45, 2.75) is 19.9 Å². The van der Waals surface area contributed by atoms with Crippen LogP contribution in [0.3, 0.4) is 0 Å². The summed E-state index contributed by atoms with van der Waals surface area (Å²) in [6, 6.07) is 5.04. The highest BCUT2D eigenvalue weighted by molar-refractivity contribution is 5.93. The van der Waals surface area contributed by atoms with Crippen LogP contribution in [0.5, 0.6) is 0 Å². The molecule has 2 aromatic rings. The Kier molecular flexibility index (Phi) is 2.75. The van der Waals surface area contributed by atoms with Crippen molar-refractivity contribution in [3.63, 3.8) is 0 Å². The Morgan fingerprint density at radius 2 is 2.12 bits per heavy atom. The van der Waals surface area contributed by atoms with Gasteiger partial charge in [-0.25, -0.2) is 9.59 Å². The Hall–Kier alpha value is -2.04. The maximum atomic E-state index is 11.7. The summed E-state index contributed by atoms with van der Waals surface area (Å²) in [5, 5.41) is 0. The van der Waals surface area contributed by atoms with Gasteiger partial charge in [0.2, 0.25) is 0 Å². The SMILES string of the molecule is COC(=O)c1ccc2[nH]c(=O)n(C(C)C)c2c1. The monoisotopic (exact) mass is 234 g/mol. The van der Waals surface area contributed by atoms with Gasteiger partial charge in [0.15, 0.2) is 0 Å². The predicted octanol–water partition coefficient (Wildman–Crippen LogP) is 1.70. The van der Waals surface area contributed by atoms with E-state index in [4.69, 9.17) is 0 Å². The molecule has 1 N–H and O–H groups in total. The minimum absolute atomic E-state index is 0.0316. The average molecular weight is 234 g/mol. The summed E-state index contributed by atoms with van der Waals surface area (Å²) >= 11 is 0. The summed E-state index contributed by atoms with van der Waals surface area (Å²) < 4.78 is 6.27. The summed E-state index contributed by atoms with van der Waals surface area (Å²) in [4.78, 5) is 25.9. The summed E-state index contributed by atoms with van der Waals surface area (Å²) in [6.07, 6.45) is 0. The summed E-state index contributed by atoms with van der Waals surface area (Å²) in [6.45, 7) is 3.83. The smallest absolute Gasteiger partial charge is 0.337 e. The summed E-state index contributed by atoms with van der Waals surface area (Å²) in [7, 11) is 1.33. The fourth-order valence-electron chi connectivity index (χ4n) is 1.88. The van der Waals surface area contributed by atoms with Crippen LogP contribution in [0.25, 0.3) is 11.0 Å². The molecule has 0 atom stereocenters. The number of esters is 1. The van der Waals surface area contributed by atoms with Gasteiger partial charge in [-0.3, -0.25) is 4.57 Å². The maximum Gasteiger partial charge on any atom is 0.337 e. The Balaban J connectivity index is 2.71. The first-order chi connectivity index (χ1) is 8.04.